The zero-order chi connectivity index (χ0) is 19.3. The number of carbonyl (C=O) groups excluding carboxylic acids is 1. The largest absolute Gasteiger partial charge is 0.297 e. The maximum absolute atomic E-state index is 13.3. The Labute approximate surface area is 167 Å². The molecule has 0 fully saturated rings. The molecule has 0 saturated heterocycles. The number of imidazole rings is 1. The molecule has 0 spiro atoms. The molecule has 5 nitrogen and oxygen atoms in total. The average molecular weight is 408 g/mol. The van der Waals surface area contributed by atoms with Crippen LogP contribution >= 0.6 is 22.7 Å². The van der Waals surface area contributed by atoms with Crippen molar-refractivity contribution in [3.05, 3.63) is 71.1 Å². The Bertz CT molecular complexity index is 1340. The standard InChI is InChI=1S/C20H13FN4OS2/c1-11-17(18(26)24-19-22-14-8-7-13(21)9-16(14)27-19)28-20-23-15(10-25(11)20)12-5-3-2-4-6-12/h2-10H,1H3,(H,22,24,26). The molecule has 0 bridgehead atoms. The summed E-state index contributed by atoms with van der Waals surface area (Å²) in [4.78, 5) is 23.1. The first-order chi connectivity index (χ1) is 13.6. The lowest BCUT2D eigenvalue weighted by atomic mass is 10.2. The normalized spacial score (nSPS) is 11.4. The minimum absolute atomic E-state index is 0.242. The quantitative estimate of drug-likeness (QED) is 0.436. The molecule has 0 aliphatic rings. The molecule has 8 heteroatoms. The number of fused-ring (bicyclic) bond motifs is 2. The predicted octanol–water partition coefficient (Wildman–Crippen LogP) is 5.37. The number of carbonyl (C=O) groups is 1. The van der Waals surface area contributed by atoms with E-state index in [-0.39, 0.29) is 11.7 Å². The van der Waals surface area contributed by atoms with Crippen LogP contribution in [0, 0.1) is 12.7 Å². The van der Waals surface area contributed by atoms with Crippen LogP contribution in [0.25, 0.3) is 26.4 Å². The molecule has 3 aromatic heterocycles. The Kier molecular flexibility index (Phi) is 3.96. The molecular weight excluding hydrogens is 395 g/mol. The van der Waals surface area contributed by atoms with Crippen LogP contribution < -0.4 is 5.32 Å². The molecule has 1 N–H and O–H groups in total. The second-order valence-corrected chi connectivity index (χ2v) is 8.25. The van der Waals surface area contributed by atoms with E-state index in [2.05, 4.69) is 15.3 Å². The fraction of sp³-hybridized carbons (Fsp3) is 0.0500. The molecule has 28 heavy (non-hydrogen) atoms. The van der Waals surface area contributed by atoms with Gasteiger partial charge < -0.3 is 0 Å². The molecule has 0 aliphatic carbocycles. The highest BCUT2D eigenvalue weighted by Crippen LogP contribution is 2.30. The number of rotatable bonds is 3. The zero-order valence-corrected chi connectivity index (χ0v) is 16.3. The van der Waals surface area contributed by atoms with Crippen LogP contribution in [0.4, 0.5) is 9.52 Å². The molecule has 2 aromatic carbocycles. The van der Waals surface area contributed by atoms with Gasteiger partial charge in [-0.3, -0.25) is 14.5 Å². The van der Waals surface area contributed by atoms with Crippen molar-refractivity contribution in [3.8, 4) is 11.3 Å². The lowest BCUT2D eigenvalue weighted by Crippen LogP contribution is -2.11. The summed E-state index contributed by atoms with van der Waals surface area (Å²) >= 11 is 2.58. The van der Waals surface area contributed by atoms with Crippen molar-refractivity contribution in [2.24, 2.45) is 0 Å². The number of benzene rings is 2. The topological polar surface area (TPSA) is 59.3 Å². The highest BCUT2D eigenvalue weighted by atomic mass is 32.1. The summed E-state index contributed by atoms with van der Waals surface area (Å²) in [5, 5.41) is 3.27. The number of aryl methyl sites for hydroxylation is 1. The van der Waals surface area contributed by atoms with Gasteiger partial charge in [0.15, 0.2) is 10.1 Å². The maximum Gasteiger partial charge on any atom is 0.269 e. The lowest BCUT2D eigenvalue weighted by molar-refractivity contribution is 0.102. The number of amides is 1. The first-order valence-corrected chi connectivity index (χ1v) is 10.1. The van der Waals surface area contributed by atoms with E-state index >= 15 is 0 Å². The van der Waals surface area contributed by atoms with Gasteiger partial charge in [-0.2, -0.15) is 0 Å². The summed E-state index contributed by atoms with van der Waals surface area (Å²) in [6, 6.07) is 14.3. The number of anilines is 1. The Morgan fingerprint density at radius 3 is 2.71 bits per heavy atom. The Hall–Kier alpha value is -3.10. The monoisotopic (exact) mass is 408 g/mol. The number of nitrogens with one attached hydrogen (secondary N) is 1. The number of halogens is 1. The van der Waals surface area contributed by atoms with Gasteiger partial charge in [-0.15, -0.1) is 0 Å². The van der Waals surface area contributed by atoms with Crippen LogP contribution in [0.1, 0.15) is 15.4 Å². The van der Waals surface area contributed by atoms with Gasteiger partial charge in [-0.1, -0.05) is 53.0 Å². The number of aromatic nitrogens is 3. The van der Waals surface area contributed by atoms with E-state index in [0.717, 1.165) is 21.9 Å². The van der Waals surface area contributed by atoms with Gasteiger partial charge >= 0.3 is 0 Å². The number of hydrogen-bond donors (Lipinski definition) is 1. The van der Waals surface area contributed by atoms with Crippen LogP contribution in [-0.4, -0.2) is 20.3 Å². The van der Waals surface area contributed by atoms with Gasteiger partial charge in [0, 0.05) is 17.5 Å². The van der Waals surface area contributed by atoms with Crippen molar-refractivity contribution in [1.82, 2.24) is 14.4 Å². The fourth-order valence-electron chi connectivity index (χ4n) is 3.01. The summed E-state index contributed by atoms with van der Waals surface area (Å²) in [5.41, 5.74) is 3.38. The summed E-state index contributed by atoms with van der Waals surface area (Å²) < 4.78 is 16.0. The minimum Gasteiger partial charge on any atom is -0.297 e. The molecule has 1 amide bonds. The SMILES string of the molecule is Cc1c(C(=O)Nc2nc3ccc(F)cc3s2)sc2nc(-c3ccccc3)cn12. The molecule has 0 radical (unpaired) electrons. The third kappa shape index (κ3) is 2.87. The van der Waals surface area contributed by atoms with Crippen molar-refractivity contribution >= 4 is 48.9 Å². The van der Waals surface area contributed by atoms with Crippen LogP contribution in [0.3, 0.4) is 0 Å². The third-order valence-electron chi connectivity index (χ3n) is 4.40. The molecular formula is C20H13FN4OS2. The second kappa shape index (κ2) is 6.50. The first-order valence-electron chi connectivity index (χ1n) is 8.50. The van der Waals surface area contributed by atoms with E-state index in [1.54, 1.807) is 6.07 Å². The molecule has 0 saturated carbocycles. The van der Waals surface area contributed by atoms with Crippen molar-refractivity contribution in [2.45, 2.75) is 6.92 Å². The maximum atomic E-state index is 13.3. The lowest BCUT2D eigenvalue weighted by Gasteiger charge is -2.00. The smallest absolute Gasteiger partial charge is 0.269 e. The molecule has 0 atom stereocenters. The van der Waals surface area contributed by atoms with Gasteiger partial charge in [-0.25, -0.2) is 14.4 Å². The van der Waals surface area contributed by atoms with Crippen molar-refractivity contribution in [2.75, 3.05) is 5.32 Å². The second-order valence-electron chi connectivity index (χ2n) is 6.25. The van der Waals surface area contributed by atoms with Gasteiger partial charge in [0.25, 0.3) is 5.91 Å². The van der Waals surface area contributed by atoms with Crippen LogP contribution in [0.15, 0.2) is 54.7 Å². The van der Waals surface area contributed by atoms with Crippen LogP contribution in [0.5, 0.6) is 0 Å². The zero-order valence-electron chi connectivity index (χ0n) is 14.6. The molecule has 5 aromatic rings. The van der Waals surface area contributed by atoms with Crippen molar-refractivity contribution < 1.29 is 9.18 Å². The highest BCUT2D eigenvalue weighted by molar-refractivity contribution is 7.22. The number of hydrogen-bond acceptors (Lipinski definition) is 5. The molecule has 138 valence electrons. The fourth-order valence-corrected chi connectivity index (χ4v) is 4.90. The van der Waals surface area contributed by atoms with Gasteiger partial charge in [0.1, 0.15) is 10.7 Å². The van der Waals surface area contributed by atoms with Gasteiger partial charge in [0.2, 0.25) is 0 Å². The van der Waals surface area contributed by atoms with E-state index in [4.69, 9.17) is 0 Å². The summed E-state index contributed by atoms with van der Waals surface area (Å²) in [5.74, 6) is -0.563. The molecule has 0 aliphatic heterocycles. The Morgan fingerprint density at radius 2 is 1.93 bits per heavy atom. The average Bonchev–Trinajstić information content (AvgIpc) is 3.36. The van der Waals surface area contributed by atoms with Gasteiger partial charge in [-0.05, 0) is 25.1 Å². The number of thiazole rings is 2. The van der Waals surface area contributed by atoms with E-state index in [9.17, 15) is 9.18 Å². The highest BCUT2D eigenvalue weighted by Gasteiger charge is 2.19. The van der Waals surface area contributed by atoms with Gasteiger partial charge in [0.05, 0.1) is 15.9 Å². The third-order valence-corrected chi connectivity index (χ3v) is 6.49. The van der Waals surface area contributed by atoms with E-state index < -0.39 is 0 Å². The Balaban J connectivity index is 1.45. The van der Waals surface area contributed by atoms with E-state index in [0.29, 0.717) is 20.2 Å². The van der Waals surface area contributed by atoms with Crippen molar-refractivity contribution in [1.29, 1.82) is 0 Å². The first kappa shape index (κ1) is 17.0. The molecule has 3 heterocycles. The van der Waals surface area contributed by atoms with E-state index in [1.165, 1.54) is 34.8 Å². The minimum atomic E-state index is -0.321. The summed E-state index contributed by atoms with van der Waals surface area (Å²) in [7, 11) is 0. The molecule has 0 unspecified atom stereocenters. The van der Waals surface area contributed by atoms with Crippen LogP contribution in [0.2, 0.25) is 0 Å². The summed E-state index contributed by atoms with van der Waals surface area (Å²) in [6.07, 6.45) is 1.94. The number of nitrogens with zero attached hydrogens (tertiary/aromatic N) is 3. The van der Waals surface area contributed by atoms with Crippen LogP contribution in [-0.2, 0) is 0 Å². The molecule has 5 rings (SSSR count). The Morgan fingerprint density at radius 1 is 1.11 bits per heavy atom. The predicted molar refractivity (Wildman–Crippen MR) is 111 cm³/mol. The van der Waals surface area contributed by atoms with E-state index in [1.807, 2.05) is 47.9 Å². The van der Waals surface area contributed by atoms with Crippen molar-refractivity contribution in [3.63, 3.8) is 0 Å². The summed E-state index contributed by atoms with van der Waals surface area (Å²) in [6.45, 7) is 1.89.